The van der Waals surface area contributed by atoms with Crippen LogP contribution in [-0.2, 0) is 33.2 Å². The van der Waals surface area contributed by atoms with E-state index in [-0.39, 0.29) is 30.5 Å². The first kappa shape index (κ1) is 17.8. The summed E-state index contributed by atoms with van der Waals surface area (Å²) in [5, 5.41) is 0. The summed E-state index contributed by atoms with van der Waals surface area (Å²) in [7, 11) is 9.57. The van der Waals surface area contributed by atoms with E-state index in [1.165, 1.54) is 0 Å². The number of hydrogen-bond acceptors (Lipinski definition) is 7. The molecule has 0 aliphatic carbocycles. The molecule has 0 amide bonds. The molecular formula is C13H26O7. The van der Waals surface area contributed by atoms with E-state index in [0.717, 1.165) is 0 Å². The van der Waals surface area contributed by atoms with Crippen molar-refractivity contribution in [3.8, 4) is 0 Å². The Hall–Kier alpha value is -0.280. The van der Waals surface area contributed by atoms with Gasteiger partial charge in [0.25, 0.3) is 0 Å². The molecule has 0 bridgehead atoms. The number of hydrogen-bond donors (Lipinski definition) is 0. The van der Waals surface area contributed by atoms with Gasteiger partial charge in [-0.2, -0.15) is 0 Å². The molecule has 1 heterocycles. The Morgan fingerprint density at radius 2 is 1.40 bits per heavy atom. The lowest BCUT2D eigenvalue weighted by molar-refractivity contribution is -0.318. The van der Waals surface area contributed by atoms with Gasteiger partial charge in [-0.15, -0.1) is 0 Å². The van der Waals surface area contributed by atoms with Crippen molar-refractivity contribution in [1.82, 2.24) is 0 Å². The van der Waals surface area contributed by atoms with Gasteiger partial charge in [0.05, 0.1) is 6.61 Å². The molecule has 1 aliphatic rings. The number of rotatable bonds is 8. The summed E-state index contributed by atoms with van der Waals surface area (Å²) >= 11 is 0. The van der Waals surface area contributed by atoms with Crippen LogP contribution < -0.4 is 0 Å². The van der Waals surface area contributed by atoms with E-state index in [1.807, 2.05) is 0 Å². The highest BCUT2D eigenvalue weighted by Gasteiger charge is 2.50. The molecule has 6 atom stereocenters. The summed E-state index contributed by atoms with van der Waals surface area (Å²) < 4.78 is 38.4. The van der Waals surface area contributed by atoms with Crippen molar-refractivity contribution in [2.45, 2.75) is 36.8 Å². The molecular weight excluding hydrogens is 268 g/mol. The predicted octanol–water partition coefficient (Wildman–Crippen LogP) is 0.0641. The fraction of sp³-hybridized carbons (Fsp3) is 1.00. The zero-order valence-corrected chi connectivity index (χ0v) is 13.0. The van der Waals surface area contributed by atoms with Crippen molar-refractivity contribution < 1.29 is 33.2 Å². The summed E-state index contributed by atoms with van der Waals surface area (Å²) in [5.74, 6) is 0. The van der Waals surface area contributed by atoms with Gasteiger partial charge in [0.1, 0.15) is 30.5 Å². The topological polar surface area (TPSA) is 64.6 Å². The van der Waals surface area contributed by atoms with E-state index in [2.05, 4.69) is 0 Å². The molecule has 6 unspecified atom stereocenters. The van der Waals surface area contributed by atoms with Gasteiger partial charge in [-0.3, -0.25) is 0 Å². The minimum absolute atomic E-state index is 0.293. The van der Waals surface area contributed by atoms with Gasteiger partial charge in [0, 0.05) is 42.7 Å². The van der Waals surface area contributed by atoms with E-state index in [0.29, 0.717) is 6.61 Å². The normalized spacial score (nSPS) is 36.0. The minimum Gasteiger partial charge on any atom is -0.382 e. The van der Waals surface area contributed by atoms with E-state index in [1.54, 1.807) is 42.7 Å². The fourth-order valence-electron chi connectivity index (χ4n) is 2.57. The second kappa shape index (κ2) is 8.89. The Morgan fingerprint density at radius 3 is 1.80 bits per heavy atom. The van der Waals surface area contributed by atoms with Gasteiger partial charge >= 0.3 is 0 Å². The molecule has 7 heteroatoms. The van der Waals surface area contributed by atoms with Crippen LogP contribution in [0.2, 0.25) is 0 Å². The average Bonchev–Trinajstić information content (AvgIpc) is 2.50. The Morgan fingerprint density at radius 1 is 0.800 bits per heavy atom. The van der Waals surface area contributed by atoms with Crippen LogP contribution in [0.5, 0.6) is 0 Å². The largest absolute Gasteiger partial charge is 0.382 e. The molecule has 20 heavy (non-hydrogen) atoms. The highest BCUT2D eigenvalue weighted by atomic mass is 16.7. The van der Waals surface area contributed by atoms with Gasteiger partial charge < -0.3 is 33.2 Å². The SMILES string of the molecule is COCC(OC)C1OC(OC)C(OC)C(OC)C1OC. The molecule has 0 aromatic rings. The molecule has 0 saturated carbocycles. The third kappa shape index (κ3) is 3.67. The van der Waals surface area contributed by atoms with Crippen LogP contribution in [0.4, 0.5) is 0 Å². The first-order chi connectivity index (χ1) is 9.68. The van der Waals surface area contributed by atoms with Gasteiger partial charge in [-0.05, 0) is 0 Å². The van der Waals surface area contributed by atoms with Gasteiger partial charge in [-0.25, -0.2) is 0 Å². The van der Waals surface area contributed by atoms with Crippen molar-refractivity contribution in [2.75, 3.05) is 49.3 Å². The molecule has 0 N–H and O–H groups in total. The highest BCUT2D eigenvalue weighted by molar-refractivity contribution is 4.95. The number of ether oxygens (including phenoxy) is 7. The smallest absolute Gasteiger partial charge is 0.186 e. The molecule has 1 fully saturated rings. The molecule has 0 aromatic heterocycles. The summed E-state index contributed by atoms with van der Waals surface area (Å²) in [6.45, 7) is 0.381. The summed E-state index contributed by atoms with van der Waals surface area (Å²) in [5.41, 5.74) is 0. The molecule has 0 radical (unpaired) electrons. The van der Waals surface area contributed by atoms with Crippen LogP contribution in [0.1, 0.15) is 0 Å². The molecule has 1 rings (SSSR count). The van der Waals surface area contributed by atoms with Crippen LogP contribution in [0.15, 0.2) is 0 Å². The molecule has 1 saturated heterocycles. The highest BCUT2D eigenvalue weighted by Crippen LogP contribution is 2.29. The van der Waals surface area contributed by atoms with E-state index < -0.39 is 6.29 Å². The van der Waals surface area contributed by atoms with Crippen molar-refractivity contribution in [3.05, 3.63) is 0 Å². The maximum atomic E-state index is 5.92. The Bertz CT molecular complexity index is 261. The Labute approximate surface area is 120 Å². The minimum atomic E-state index is -0.559. The zero-order chi connectivity index (χ0) is 15.1. The molecule has 120 valence electrons. The monoisotopic (exact) mass is 294 g/mol. The van der Waals surface area contributed by atoms with Crippen molar-refractivity contribution in [1.29, 1.82) is 0 Å². The third-order valence-corrected chi connectivity index (χ3v) is 3.58. The standard InChI is InChI=1S/C13H26O7/c1-14-7-8(15-2)9-10(16-3)11(17-4)12(18-5)13(19-6)20-9/h8-13H,7H2,1-6H3. The van der Waals surface area contributed by atoms with Crippen molar-refractivity contribution >= 4 is 0 Å². The second-order valence-electron chi connectivity index (χ2n) is 4.54. The van der Waals surface area contributed by atoms with Crippen LogP contribution >= 0.6 is 0 Å². The Kier molecular flexibility index (Phi) is 7.90. The van der Waals surface area contributed by atoms with Crippen molar-refractivity contribution in [3.63, 3.8) is 0 Å². The van der Waals surface area contributed by atoms with E-state index in [9.17, 15) is 0 Å². The average molecular weight is 294 g/mol. The second-order valence-corrected chi connectivity index (χ2v) is 4.54. The first-order valence-electron chi connectivity index (χ1n) is 6.46. The first-order valence-corrected chi connectivity index (χ1v) is 6.46. The van der Waals surface area contributed by atoms with Crippen LogP contribution in [0.3, 0.4) is 0 Å². The third-order valence-electron chi connectivity index (χ3n) is 3.58. The van der Waals surface area contributed by atoms with E-state index >= 15 is 0 Å². The predicted molar refractivity (Wildman–Crippen MR) is 70.7 cm³/mol. The lowest BCUT2D eigenvalue weighted by Crippen LogP contribution is -2.63. The quantitative estimate of drug-likeness (QED) is 0.627. The lowest BCUT2D eigenvalue weighted by Gasteiger charge is -2.46. The van der Waals surface area contributed by atoms with E-state index in [4.69, 9.17) is 33.2 Å². The molecule has 1 aliphatic heterocycles. The van der Waals surface area contributed by atoms with Crippen molar-refractivity contribution in [2.24, 2.45) is 0 Å². The maximum Gasteiger partial charge on any atom is 0.186 e. The number of methoxy groups -OCH3 is 6. The van der Waals surface area contributed by atoms with Crippen LogP contribution in [-0.4, -0.2) is 86.1 Å². The van der Waals surface area contributed by atoms with Crippen LogP contribution in [0, 0.1) is 0 Å². The zero-order valence-electron chi connectivity index (χ0n) is 13.0. The van der Waals surface area contributed by atoms with Gasteiger partial charge in [0.15, 0.2) is 6.29 Å². The molecule has 0 aromatic carbocycles. The summed E-state index contributed by atoms with van der Waals surface area (Å²) in [6.07, 6.45) is -2.30. The molecule has 7 nitrogen and oxygen atoms in total. The molecule has 0 spiro atoms. The van der Waals surface area contributed by atoms with Gasteiger partial charge in [0.2, 0.25) is 0 Å². The lowest BCUT2D eigenvalue weighted by atomic mass is 9.94. The maximum absolute atomic E-state index is 5.92. The summed E-state index contributed by atoms with van der Waals surface area (Å²) in [6, 6.07) is 0. The fourth-order valence-corrected chi connectivity index (χ4v) is 2.57. The van der Waals surface area contributed by atoms with Gasteiger partial charge in [-0.1, -0.05) is 0 Å². The summed E-state index contributed by atoms with van der Waals surface area (Å²) in [4.78, 5) is 0. The van der Waals surface area contributed by atoms with Crippen LogP contribution in [0.25, 0.3) is 0 Å². The Balaban J connectivity index is 2.97.